The SMILES string of the molecule is CSc1nnc2c(n1)O[C@H](c1cc3c(cc1Cl)OCO3)N(C(C)=O)c1ccccc1-2. The Morgan fingerprint density at radius 3 is 2.73 bits per heavy atom. The number of hydrogen-bond acceptors (Lipinski definition) is 8. The number of aromatic nitrogens is 3. The minimum absolute atomic E-state index is 0.108. The van der Waals surface area contributed by atoms with Gasteiger partial charge in [-0.3, -0.25) is 9.69 Å². The molecule has 0 unspecified atom stereocenters. The van der Waals surface area contributed by atoms with Crippen LogP contribution in [-0.2, 0) is 4.79 Å². The number of thioether (sulfide) groups is 1. The van der Waals surface area contributed by atoms with Crippen molar-refractivity contribution in [2.24, 2.45) is 0 Å². The molecule has 1 atom stereocenters. The van der Waals surface area contributed by atoms with Crippen LogP contribution in [0.5, 0.6) is 17.4 Å². The lowest BCUT2D eigenvalue weighted by molar-refractivity contribution is -0.118. The van der Waals surface area contributed by atoms with Gasteiger partial charge in [-0.15, -0.1) is 10.2 Å². The highest BCUT2D eigenvalue weighted by molar-refractivity contribution is 7.98. The van der Waals surface area contributed by atoms with Crippen molar-refractivity contribution in [2.75, 3.05) is 17.9 Å². The Hall–Kier alpha value is -3.04. The fraction of sp³-hybridized carbons (Fsp3) is 0.200. The topological polar surface area (TPSA) is 86.7 Å². The van der Waals surface area contributed by atoms with E-state index < -0.39 is 6.23 Å². The second-order valence-corrected chi connectivity index (χ2v) is 7.74. The van der Waals surface area contributed by atoms with Crippen LogP contribution in [0.1, 0.15) is 18.7 Å². The van der Waals surface area contributed by atoms with Crippen molar-refractivity contribution >= 4 is 35.0 Å². The molecule has 0 saturated heterocycles. The number of hydrogen-bond donors (Lipinski definition) is 0. The molecule has 0 saturated carbocycles. The van der Waals surface area contributed by atoms with E-state index in [1.807, 2.05) is 30.5 Å². The van der Waals surface area contributed by atoms with Gasteiger partial charge in [-0.2, -0.15) is 4.98 Å². The van der Waals surface area contributed by atoms with E-state index in [4.69, 9.17) is 25.8 Å². The van der Waals surface area contributed by atoms with E-state index in [2.05, 4.69) is 15.2 Å². The first kappa shape index (κ1) is 19.0. The molecule has 2 aliphatic heterocycles. The van der Waals surface area contributed by atoms with Crippen molar-refractivity contribution in [1.29, 1.82) is 0 Å². The summed E-state index contributed by atoms with van der Waals surface area (Å²) in [7, 11) is 0. The maximum absolute atomic E-state index is 12.8. The lowest BCUT2D eigenvalue weighted by Crippen LogP contribution is -2.36. The molecule has 0 radical (unpaired) electrons. The molecule has 8 nitrogen and oxygen atoms in total. The lowest BCUT2D eigenvalue weighted by Gasteiger charge is -2.30. The predicted octanol–water partition coefficient (Wildman–Crippen LogP) is 4.09. The van der Waals surface area contributed by atoms with Gasteiger partial charge in [-0.1, -0.05) is 41.6 Å². The third-order valence-corrected chi connectivity index (χ3v) is 5.66. The van der Waals surface area contributed by atoms with E-state index in [1.165, 1.54) is 23.6 Å². The molecule has 0 spiro atoms. The minimum Gasteiger partial charge on any atom is -0.454 e. The van der Waals surface area contributed by atoms with Gasteiger partial charge in [-0.05, 0) is 18.4 Å². The average molecular weight is 443 g/mol. The van der Waals surface area contributed by atoms with Gasteiger partial charge in [0.2, 0.25) is 30.0 Å². The Balaban J connectivity index is 1.75. The molecule has 3 heterocycles. The highest BCUT2D eigenvalue weighted by Crippen LogP contribution is 2.46. The van der Waals surface area contributed by atoms with Gasteiger partial charge < -0.3 is 14.2 Å². The van der Waals surface area contributed by atoms with Crippen LogP contribution in [0.15, 0.2) is 41.6 Å². The van der Waals surface area contributed by atoms with Crippen molar-refractivity contribution < 1.29 is 19.0 Å². The Bertz CT molecular complexity index is 1180. The fourth-order valence-electron chi connectivity index (χ4n) is 3.46. The number of benzene rings is 2. The summed E-state index contributed by atoms with van der Waals surface area (Å²) in [4.78, 5) is 18.8. The van der Waals surface area contributed by atoms with E-state index in [0.717, 1.165) is 0 Å². The maximum atomic E-state index is 12.8. The number of amides is 1. The summed E-state index contributed by atoms with van der Waals surface area (Å²) < 4.78 is 17.2. The standard InChI is InChI=1S/C20H15ClN4O4S/c1-10(26)25-14-6-4-3-5-11(14)17-18(22-20(30-2)24-23-17)29-19(25)12-7-15-16(8-13(12)21)28-9-27-15/h3-8,19H,9H2,1-2H3/t19-/m1/s1. The molecule has 3 aromatic rings. The third-order valence-electron chi connectivity index (χ3n) is 4.79. The summed E-state index contributed by atoms with van der Waals surface area (Å²) in [6.07, 6.45) is 0.959. The van der Waals surface area contributed by atoms with E-state index in [0.29, 0.717) is 44.2 Å². The zero-order valence-electron chi connectivity index (χ0n) is 16.0. The highest BCUT2D eigenvalue weighted by atomic mass is 35.5. The van der Waals surface area contributed by atoms with E-state index in [9.17, 15) is 4.79 Å². The van der Waals surface area contributed by atoms with Crippen LogP contribution in [0.25, 0.3) is 11.3 Å². The number of ether oxygens (including phenoxy) is 3. The van der Waals surface area contributed by atoms with Gasteiger partial charge in [0, 0.05) is 24.1 Å². The molecule has 0 aliphatic carbocycles. The highest BCUT2D eigenvalue weighted by Gasteiger charge is 2.36. The van der Waals surface area contributed by atoms with Gasteiger partial charge >= 0.3 is 0 Å². The molecule has 5 rings (SSSR count). The Kier molecular flexibility index (Phi) is 4.63. The molecule has 0 fully saturated rings. The monoisotopic (exact) mass is 442 g/mol. The smallest absolute Gasteiger partial charge is 0.247 e. The van der Waals surface area contributed by atoms with Crippen LogP contribution in [0.4, 0.5) is 5.69 Å². The zero-order chi connectivity index (χ0) is 20.8. The summed E-state index contributed by atoms with van der Waals surface area (Å²) in [5.41, 5.74) is 2.31. The molecular formula is C20H15ClN4O4S. The molecule has 1 amide bonds. The second kappa shape index (κ2) is 7.33. The minimum atomic E-state index is -0.890. The Labute approximate surface area is 181 Å². The molecular weight excluding hydrogens is 428 g/mol. The number of carbonyl (C=O) groups excluding carboxylic acids is 1. The molecule has 30 heavy (non-hydrogen) atoms. The zero-order valence-corrected chi connectivity index (χ0v) is 17.5. The predicted molar refractivity (Wildman–Crippen MR) is 111 cm³/mol. The first-order chi connectivity index (χ1) is 14.6. The van der Waals surface area contributed by atoms with Crippen LogP contribution >= 0.6 is 23.4 Å². The summed E-state index contributed by atoms with van der Waals surface area (Å²) in [5.74, 6) is 1.11. The molecule has 2 aliphatic rings. The van der Waals surface area contributed by atoms with Crippen molar-refractivity contribution in [3.63, 3.8) is 0 Å². The molecule has 0 bridgehead atoms. The summed E-state index contributed by atoms with van der Waals surface area (Å²) >= 11 is 7.92. The van der Waals surface area contributed by atoms with Crippen molar-refractivity contribution in [3.05, 3.63) is 47.0 Å². The third kappa shape index (κ3) is 3.01. The number of nitrogens with zero attached hydrogens (tertiary/aromatic N) is 4. The van der Waals surface area contributed by atoms with Gasteiger partial charge in [0.25, 0.3) is 0 Å². The summed E-state index contributed by atoms with van der Waals surface area (Å²) in [6.45, 7) is 1.58. The van der Waals surface area contributed by atoms with Crippen LogP contribution < -0.4 is 19.1 Å². The largest absolute Gasteiger partial charge is 0.454 e. The summed E-state index contributed by atoms with van der Waals surface area (Å²) in [6, 6.07) is 10.8. The Morgan fingerprint density at radius 2 is 1.97 bits per heavy atom. The van der Waals surface area contributed by atoms with E-state index in [-0.39, 0.29) is 18.6 Å². The van der Waals surface area contributed by atoms with Gasteiger partial charge in [0.05, 0.1) is 10.7 Å². The molecule has 2 aromatic carbocycles. The summed E-state index contributed by atoms with van der Waals surface area (Å²) in [5, 5.41) is 9.29. The second-order valence-electron chi connectivity index (χ2n) is 6.56. The molecule has 152 valence electrons. The van der Waals surface area contributed by atoms with Crippen molar-refractivity contribution in [3.8, 4) is 28.6 Å². The maximum Gasteiger partial charge on any atom is 0.247 e. The molecule has 0 N–H and O–H groups in total. The fourth-order valence-corrected chi connectivity index (χ4v) is 4.01. The van der Waals surface area contributed by atoms with Crippen LogP contribution in [0.2, 0.25) is 5.02 Å². The van der Waals surface area contributed by atoms with Crippen molar-refractivity contribution in [2.45, 2.75) is 18.3 Å². The van der Waals surface area contributed by atoms with E-state index >= 15 is 0 Å². The molecule has 10 heteroatoms. The number of rotatable bonds is 2. The van der Waals surface area contributed by atoms with Gasteiger partial charge in [0.1, 0.15) is 0 Å². The molecule has 1 aromatic heterocycles. The van der Waals surface area contributed by atoms with Crippen molar-refractivity contribution in [1.82, 2.24) is 15.2 Å². The normalized spacial score (nSPS) is 16.4. The van der Waals surface area contributed by atoms with Crippen LogP contribution in [0.3, 0.4) is 0 Å². The number of fused-ring (bicyclic) bond motifs is 4. The first-order valence-electron chi connectivity index (χ1n) is 9.00. The first-order valence-corrected chi connectivity index (χ1v) is 10.6. The van der Waals surface area contributed by atoms with Crippen LogP contribution in [0, 0.1) is 0 Å². The Morgan fingerprint density at radius 1 is 1.20 bits per heavy atom. The quantitative estimate of drug-likeness (QED) is 0.548. The van der Waals surface area contributed by atoms with Crippen LogP contribution in [-0.4, -0.2) is 34.1 Å². The average Bonchev–Trinajstić information content (AvgIpc) is 3.14. The van der Waals surface area contributed by atoms with E-state index in [1.54, 1.807) is 12.1 Å². The number of para-hydroxylation sites is 1. The van der Waals surface area contributed by atoms with Gasteiger partial charge in [-0.25, -0.2) is 0 Å². The number of anilines is 1. The lowest BCUT2D eigenvalue weighted by atomic mass is 10.1. The number of carbonyl (C=O) groups is 1. The van der Waals surface area contributed by atoms with Gasteiger partial charge in [0.15, 0.2) is 17.2 Å². The number of halogens is 1.